The van der Waals surface area contributed by atoms with Crippen LogP contribution in [0.4, 0.5) is 10.1 Å². The van der Waals surface area contributed by atoms with E-state index in [1.54, 1.807) is 12.1 Å². The summed E-state index contributed by atoms with van der Waals surface area (Å²) in [5.74, 6) is -0.163. The van der Waals surface area contributed by atoms with Crippen molar-refractivity contribution in [2.75, 3.05) is 32.1 Å². The Morgan fingerprint density at radius 2 is 2.31 bits per heavy atom. The lowest BCUT2D eigenvalue weighted by molar-refractivity contribution is 0.314. The van der Waals surface area contributed by atoms with Gasteiger partial charge >= 0.3 is 0 Å². The van der Waals surface area contributed by atoms with Crippen LogP contribution in [0.25, 0.3) is 0 Å². The molecule has 1 atom stereocenters. The first-order valence-corrected chi connectivity index (χ1v) is 5.84. The third kappa shape index (κ3) is 2.53. The van der Waals surface area contributed by atoms with Gasteiger partial charge in [-0.2, -0.15) is 0 Å². The average Bonchev–Trinajstić information content (AvgIpc) is 2.64. The number of halogens is 1. The van der Waals surface area contributed by atoms with Crippen molar-refractivity contribution in [2.45, 2.75) is 18.9 Å². The fourth-order valence-corrected chi connectivity index (χ4v) is 2.35. The maximum Gasteiger partial charge on any atom is 0.125 e. The van der Waals surface area contributed by atoms with E-state index in [2.05, 4.69) is 16.8 Å². The maximum absolute atomic E-state index is 13.1. The smallest absolute Gasteiger partial charge is 0.125 e. The van der Waals surface area contributed by atoms with Crippen molar-refractivity contribution in [1.29, 1.82) is 0 Å². The van der Waals surface area contributed by atoms with Crippen molar-refractivity contribution in [3.63, 3.8) is 0 Å². The van der Waals surface area contributed by atoms with Crippen LogP contribution in [0.2, 0.25) is 0 Å². The Morgan fingerprint density at radius 1 is 1.50 bits per heavy atom. The molecule has 1 aliphatic heterocycles. The van der Waals surface area contributed by atoms with E-state index in [0.29, 0.717) is 6.04 Å². The predicted molar refractivity (Wildman–Crippen MR) is 65.3 cm³/mol. The maximum atomic E-state index is 13.1. The van der Waals surface area contributed by atoms with E-state index in [-0.39, 0.29) is 5.82 Å². The Balaban J connectivity index is 1.99. The Kier molecular flexibility index (Phi) is 3.44. The van der Waals surface area contributed by atoms with Gasteiger partial charge in [0.1, 0.15) is 5.82 Å². The predicted octanol–water partition coefficient (Wildman–Crippen LogP) is 2.36. The van der Waals surface area contributed by atoms with Crippen LogP contribution in [0, 0.1) is 5.82 Å². The molecule has 1 aliphatic rings. The average molecular weight is 222 g/mol. The third-order valence-electron chi connectivity index (χ3n) is 3.41. The van der Waals surface area contributed by atoms with Crippen LogP contribution in [0.15, 0.2) is 24.3 Å². The molecule has 0 aromatic heterocycles. The fourth-order valence-electron chi connectivity index (χ4n) is 2.35. The van der Waals surface area contributed by atoms with E-state index in [1.807, 2.05) is 13.1 Å². The zero-order valence-corrected chi connectivity index (χ0v) is 9.99. The van der Waals surface area contributed by atoms with Gasteiger partial charge in [0.25, 0.3) is 0 Å². The summed E-state index contributed by atoms with van der Waals surface area (Å²) >= 11 is 0. The Morgan fingerprint density at radius 3 is 2.94 bits per heavy atom. The molecule has 1 saturated heterocycles. The molecule has 0 bridgehead atoms. The molecule has 1 aromatic rings. The first-order chi connectivity index (χ1) is 7.66. The monoisotopic (exact) mass is 222 g/mol. The molecule has 0 aliphatic carbocycles. The number of nitrogens with zero attached hydrogens (tertiary/aromatic N) is 2. The number of benzene rings is 1. The summed E-state index contributed by atoms with van der Waals surface area (Å²) < 4.78 is 13.1. The van der Waals surface area contributed by atoms with Gasteiger partial charge in [-0.15, -0.1) is 0 Å². The van der Waals surface area contributed by atoms with Gasteiger partial charge in [-0.1, -0.05) is 6.07 Å². The summed E-state index contributed by atoms with van der Waals surface area (Å²) in [5, 5.41) is 0. The van der Waals surface area contributed by atoms with Crippen LogP contribution in [-0.4, -0.2) is 38.1 Å². The molecule has 88 valence electrons. The number of hydrogen-bond acceptors (Lipinski definition) is 2. The first kappa shape index (κ1) is 11.4. The Hall–Kier alpha value is -1.09. The topological polar surface area (TPSA) is 6.48 Å². The highest BCUT2D eigenvalue weighted by atomic mass is 19.1. The minimum absolute atomic E-state index is 0.163. The summed E-state index contributed by atoms with van der Waals surface area (Å²) in [6, 6.07) is 7.40. The molecule has 0 unspecified atom stereocenters. The van der Waals surface area contributed by atoms with Crippen molar-refractivity contribution >= 4 is 5.69 Å². The normalized spacial score (nSPS) is 21.3. The van der Waals surface area contributed by atoms with Crippen molar-refractivity contribution in [3.05, 3.63) is 30.1 Å². The van der Waals surface area contributed by atoms with Crippen molar-refractivity contribution < 1.29 is 4.39 Å². The molecule has 16 heavy (non-hydrogen) atoms. The van der Waals surface area contributed by atoms with Gasteiger partial charge in [-0.3, -0.25) is 0 Å². The minimum Gasteiger partial charge on any atom is -0.373 e. The molecule has 0 amide bonds. The molecule has 0 saturated carbocycles. The van der Waals surface area contributed by atoms with Crippen molar-refractivity contribution in [3.8, 4) is 0 Å². The van der Waals surface area contributed by atoms with E-state index in [4.69, 9.17) is 0 Å². The van der Waals surface area contributed by atoms with E-state index < -0.39 is 0 Å². The number of likely N-dealkylation sites (N-methyl/N-ethyl adjacent to an activating group) is 2. The van der Waals surface area contributed by atoms with Gasteiger partial charge in [0.15, 0.2) is 0 Å². The number of likely N-dealkylation sites (tertiary alicyclic amines) is 1. The van der Waals surface area contributed by atoms with Crippen molar-refractivity contribution in [2.24, 2.45) is 0 Å². The van der Waals surface area contributed by atoms with Crippen LogP contribution in [-0.2, 0) is 0 Å². The number of hydrogen-bond donors (Lipinski definition) is 0. The van der Waals surface area contributed by atoms with Crippen LogP contribution >= 0.6 is 0 Å². The molecular weight excluding hydrogens is 203 g/mol. The van der Waals surface area contributed by atoms with E-state index in [1.165, 1.54) is 25.5 Å². The van der Waals surface area contributed by atoms with Crippen LogP contribution in [0.1, 0.15) is 12.8 Å². The van der Waals surface area contributed by atoms with Crippen LogP contribution in [0.5, 0.6) is 0 Å². The quantitative estimate of drug-likeness (QED) is 0.774. The molecule has 1 heterocycles. The van der Waals surface area contributed by atoms with Gasteiger partial charge < -0.3 is 9.80 Å². The molecule has 2 nitrogen and oxygen atoms in total. The summed E-state index contributed by atoms with van der Waals surface area (Å²) in [6.45, 7) is 2.15. The lowest BCUT2D eigenvalue weighted by Crippen LogP contribution is -2.36. The van der Waals surface area contributed by atoms with Gasteiger partial charge in [-0.25, -0.2) is 4.39 Å². The minimum atomic E-state index is -0.163. The zero-order valence-electron chi connectivity index (χ0n) is 9.99. The second-order valence-electron chi connectivity index (χ2n) is 4.64. The molecule has 1 aromatic carbocycles. The second-order valence-corrected chi connectivity index (χ2v) is 4.64. The van der Waals surface area contributed by atoms with Gasteiger partial charge in [0.2, 0.25) is 0 Å². The van der Waals surface area contributed by atoms with Crippen LogP contribution < -0.4 is 4.90 Å². The first-order valence-electron chi connectivity index (χ1n) is 5.84. The van der Waals surface area contributed by atoms with Gasteiger partial charge in [-0.05, 0) is 44.6 Å². The number of anilines is 1. The van der Waals surface area contributed by atoms with Crippen LogP contribution in [0.3, 0.4) is 0 Å². The standard InChI is InChI=1S/C13H19FN2/c1-15-8-4-7-13(15)10-16(2)12-6-3-5-11(14)9-12/h3,5-6,9,13H,4,7-8,10H2,1-2H3/t13-/m1/s1. The molecule has 0 spiro atoms. The molecular formula is C13H19FN2. The molecule has 0 N–H and O–H groups in total. The summed E-state index contributed by atoms with van der Waals surface area (Å²) in [5.41, 5.74) is 0.959. The lowest BCUT2D eigenvalue weighted by Gasteiger charge is -2.27. The molecule has 0 radical (unpaired) electrons. The molecule has 2 rings (SSSR count). The van der Waals surface area contributed by atoms with E-state index in [0.717, 1.165) is 12.2 Å². The highest BCUT2D eigenvalue weighted by molar-refractivity contribution is 5.45. The number of rotatable bonds is 3. The third-order valence-corrected chi connectivity index (χ3v) is 3.41. The van der Waals surface area contributed by atoms with Crippen molar-refractivity contribution in [1.82, 2.24) is 4.90 Å². The summed E-state index contributed by atoms with van der Waals surface area (Å²) in [6.07, 6.45) is 2.52. The van der Waals surface area contributed by atoms with E-state index >= 15 is 0 Å². The second kappa shape index (κ2) is 4.83. The van der Waals surface area contributed by atoms with Gasteiger partial charge in [0.05, 0.1) is 0 Å². The zero-order chi connectivity index (χ0) is 11.5. The molecule has 1 fully saturated rings. The SMILES string of the molecule is CN(C[C@H]1CCCN1C)c1cccc(F)c1. The molecule has 3 heteroatoms. The van der Waals surface area contributed by atoms with E-state index in [9.17, 15) is 4.39 Å². The highest BCUT2D eigenvalue weighted by Crippen LogP contribution is 2.19. The Bertz CT molecular complexity index is 354. The largest absolute Gasteiger partial charge is 0.373 e. The summed E-state index contributed by atoms with van der Waals surface area (Å²) in [4.78, 5) is 4.52. The lowest BCUT2D eigenvalue weighted by atomic mass is 10.2. The fraction of sp³-hybridized carbons (Fsp3) is 0.538. The Labute approximate surface area is 96.7 Å². The summed E-state index contributed by atoms with van der Waals surface area (Å²) in [7, 11) is 4.19. The van der Waals surface area contributed by atoms with Gasteiger partial charge in [0, 0.05) is 25.3 Å². The highest BCUT2D eigenvalue weighted by Gasteiger charge is 2.22.